The van der Waals surface area contributed by atoms with Gasteiger partial charge in [-0.05, 0) is 43.6 Å². The maximum absolute atomic E-state index is 11.9. The van der Waals surface area contributed by atoms with Gasteiger partial charge in [-0.1, -0.05) is 0 Å². The predicted octanol–water partition coefficient (Wildman–Crippen LogP) is 2.59. The smallest absolute Gasteiger partial charge is 0.410 e. The number of methoxy groups -OCH3 is 1. The van der Waals surface area contributed by atoms with Gasteiger partial charge in [0.2, 0.25) is 11.8 Å². The molecule has 122 valence electrons. The molecule has 0 bridgehead atoms. The summed E-state index contributed by atoms with van der Waals surface area (Å²) in [5, 5.41) is 3.20. The first-order chi connectivity index (χ1) is 10.2. The van der Waals surface area contributed by atoms with Crippen LogP contribution < -0.4 is 10.1 Å². The van der Waals surface area contributed by atoms with Crippen molar-refractivity contribution in [1.82, 2.24) is 14.9 Å². The Morgan fingerprint density at radius 2 is 2.00 bits per heavy atom. The van der Waals surface area contributed by atoms with Gasteiger partial charge in [-0.3, -0.25) is 0 Å². The third-order valence-electron chi connectivity index (χ3n) is 3.05. The predicted molar refractivity (Wildman–Crippen MR) is 86.2 cm³/mol. The van der Waals surface area contributed by atoms with Crippen LogP contribution in [0.5, 0.6) is 5.88 Å². The van der Waals surface area contributed by atoms with Crippen LogP contribution in [0.3, 0.4) is 0 Å². The first kappa shape index (κ1) is 16.8. The zero-order chi connectivity index (χ0) is 16.5. The fraction of sp³-hybridized carbons (Fsp3) is 0.643. The second-order valence-electron chi connectivity index (χ2n) is 6.18. The Hall–Kier alpha value is -1.57. The Morgan fingerprint density at radius 1 is 1.36 bits per heavy atom. The number of hydrogen-bond donors (Lipinski definition) is 1. The van der Waals surface area contributed by atoms with E-state index in [1.807, 2.05) is 27.7 Å². The fourth-order valence-electron chi connectivity index (χ4n) is 1.96. The van der Waals surface area contributed by atoms with Gasteiger partial charge in [-0.15, -0.1) is 0 Å². The summed E-state index contributed by atoms with van der Waals surface area (Å²) >= 11 is 3.38. The van der Waals surface area contributed by atoms with Gasteiger partial charge in [0.05, 0.1) is 18.8 Å². The lowest BCUT2D eigenvalue weighted by atomic mass is 10.1. The molecule has 22 heavy (non-hydrogen) atoms. The van der Waals surface area contributed by atoms with Crippen LogP contribution in [-0.4, -0.2) is 52.8 Å². The maximum Gasteiger partial charge on any atom is 0.410 e. The van der Waals surface area contributed by atoms with Crippen molar-refractivity contribution in [1.29, 1.82) is 0 Å². The summed E-state index contributed by atoms with van der Waals surface area (Å²) in [6.45, 7) is 8.56. The van der Waals surface area contributed by atoms with Crippen molar-refractivity contribution in [3.63, 3.8) is 0 Å². The molecule has 1 aliphatic rings. The Bertz CT molecular complexity index is 568. The lowest BCUT2D eigenvalue weighted by Crippen LogP contribution is -2.58. The lowest BCUT2D eigenvalue weighted by molar-refractivity contribution is 0.0104. The van der Waals surface area contributed by atoms with Crippen molar-refractivity contribution in [2.24, 2.45) is 0 Å². The number of nitrogens with one attached hydrogen (secondary N) is 1. The largest absolute Gasteiger partial charge is 0.480 e. The first-order valence-corrected chi connectivity index (χ1v) is 7.81. The Morgan fingerprint density at radius 3 is 2.55 bits per heavy atom. The number of ether oxygens (including phenoxy) is 2. The van der Waals surface area contributed by atoms with E-state index in [0.717, 1.165) is 10.2 Å². The monoisotopic (exact) mass is 372 g/mol. The van der Waals surface area contributed by atoms with Crippen molar-refractivity contribution < 1.29 is 14.3 Å². The number of aryl methyl sites for hydroxylation is 1. The van der Waals surface area contributed by atoms with Gasteiger partial charge >= 0.3 is 6.09 Å². The molecular formula is C14H21BrN4O3. The van der Waals surface area contributed by atoms with Gasteiger partial charge in [0.25, 0.3) is 0 Å². The highest BCUT2D eigenvalue weighted by molar-refractivity contribution is 9.10. The van der Waals surface area contributed by atoms with Crippen LogP contribution in [0.1, 0.15) is 26.5 Å². The number of anilines is 1. The average Bonchev–Trinajstić information content (AvgIpc) is 2.34. The molecule has 2 rings (SSSR count). The minimum atomic E-state index is -0.477. The minimum absolute atomic E-state index is 0.109. The van der Waals surface area contributed by atoms with Crippen molar-refractivity contribution in [3.05, 3.63) is 10.2 Å². The van der Waals surface area contributed by atoms with Crippen LogP contribution in [0.2, 0.25) is 0 Å². The summed E-state index contributed by atoms with van der Waals surface area (Å²) in [5.74, 6) is 0.977. The molecule has 0 spiro atoms. The normalized spacial score (nSPS) is 15.3. The Kier molecular flexibility index (Phi) is 4.79. The van der Waals surface area contributed by atoms with Crippen molar-refractivity contribution in [3.8, 4) is 5.88 Å². The number of carbonyl (C=O) groups is 1. The van der Waals surface area contributed by atoms with E-state index in [2.05, 4.69) is 31.2 Å². The van der Waals surface area contributed by atoms with Crippen LogP contribution in [-0.2, 0) is 4.74 Å². The number of amides is 1. The molecule has 0 saturated carbocycles. The summed E-state index contributed by atoms with van der Waals surface area (Å²) in [7, 11) is 1.56. The topological polar surface area (TPSA) is 76.6 Å². The summed E-state index contributed by atoms with van der Waals surface area (Å²) < 4.78 is 11.2. The highest BCUT2D eigenvalue weighted by Crippen LogP contribution is 2.27. The molecule has 0 unspecified atom stereocenters. The van der Waals surface area contributed by atoms with Gasteiger partial charge in [0.1, 0.15) is 10.1 Å². The number of likely N-dealkylation sites (tertiary alicyclic amines) is 1. The second kappa shape index (κ2) is 6.28. The first-order valence-electron chi connectivity index (χ1n) is 7.02. The third-order valence-corrected chi connectivity index (χ3v) is 3.96. The van der Waals surface area contributed by atoms with Gasteiger partial charge in [-0.2, -0.15) is 4.98 Å². The number of hydrogen-bond acceptors (Lipinski definition) is 6. The van der Waals surface area contributed by atoms with E-state index < -0.39 is 5.60 Å². The highest BCUT2D eigenvalue weighted by atomic mass is 79.9. The van der Waals surface area contributed by atoms with Gasteiger partial charge in [-0.25, -0.2) is 9.78 Å². The molecule has 1 aliphatic heterocycles. The average molecular weight is 373 g/mol. The van der Waals surface area contributed by atoms with Crippen LogP contribution in [0.25, 0.3) is 0 Å². The molecule has 0 radical (unpaired) electrons. The SMILES string of the molecule is COc1nc(NC2CN(C(=O)OC(C)(C)C)C2)nc(C)c1Br. The lowest BCUT2D eigenvalue weighted by Gasteiger charge is -2.39. The molecule has 1 N–H and O–H groups in total. The molecule has 0 aliphatic carbocycles. The van der Waals surface area contributed by atoms with E-state index in [4.69, 9.17) is 9.47 Å². The Labute approximate surface area is 138 Å². The molecule has 1 saturated heterocycles. The molecule has 7 nitrogen and oxygen atoms in total. The van der Waals surface area contributed by atoms with Gasteiger partial charge in [0, 0.05) is 13.1 Å². The number of carbonyl (C=O) groups excluding carboxylic acids is 1. The van der Waals surface area contributed by atoms with Crippen LogP contribution in [0.15, 0.2) is 4.47 Å². The summed E-state index contributed by atoms with van der Waals surface area (Å²) in [4.78, 5) is 22.1. The Balaban J connectivity index is 1.90. The molecule has 1 fully saturated rings. The van der Waals surface area contributed by atoms with Gasteiger partial charge in [0.15, 0.2) is 0 Å². The van der Waals surface area contributed by atoms with E-state index in [1.165, 1.54) is 0 Å². The van der Waals surface area contributed by atoms with Crippen molar-refractivity contribution in [2.45, 2.75) is 39.3 Å². The van der Waals surface area contributed by atoms with Gasteiger partial charge < -0.3 is 19.7 Å². The van der Waals surface area contributed by atoms with Crippen LogP contribution in [0.4, 0.5) is 10.7 Å². The van der Waals surface area contributed by atoms with E-state index in [0.29, 0.717) is 24.9 Å². The highest BCUT2D eigenvalue weighted by Gasteiger charge is 2.34. The van der Waals surface area contributed by atoms with Crippen LogP contribution >= 0.6 is 15.9 Å². The molecule has 1 amide bonds. The van der Waals surface area contributed by atoms with Crippen molar-refractivity contribution in [2.75, 3.05) is 25.5 Å². The molecule has 1 aromatic rings. The molecule has 2 heterocycles. The summed E-state index contributed by atoms with van der Waals surface area (Å²) in [6, 6.07) is 0.109. The van der Waals surface area contributed by atoms with E-state index in [9.17, 15) is 4.79 Å². The fourth-order valence-corrected chi connectivity index (χ4v) is 2.30. The number of aromatic nitrogens is 2. The third kappa shape index (κ3) is 4.00. The van der Waals surface area contributed by atoms with E-state index >= 15 is 0 Å². The molecule has 8 heteroatoms. The number of nitrogens with zero attached hydrogens (tertiary/aromatic N) is 3. The molecule has 0 aromatic carbocycles. The molecular weight excluding hydrogens is 352 g/mol. The zero-order valence-corrected chi connectivity index (χ0v) is 15.0. The van der Waals surface area contributed by atoms with Crippen LogP contribution in [0, 0.1) is 6.92 Å². The summed E-state index contributed by atoms with van der Waals surface area (Å²) in [5.41, 5.74) is 0.312. The summed E-state index contributed by atoms with van der Waals surface area (Å²) in [6.07, 6.45) is -0.295. The molecule has 1 aromatic heterocycles. The second-order valence-corrected chi connectivity index (χ2v) is 6.98. The van der Waals surface area contributed by atoms with E-state index in [-0.39, 0.29) is 12.1 Å². The minimum Gasteiger partial charge on any atom is -0.480 e. The molecule has 0 atom stereocenters. The van der Waals surface area contributed by atoms with E-state index in [1.54, 1.807) is 12.0 Å². The quantitative estimate of drug-likeness (QED) is 0.878. The zero-order valence-electron chi connectivity index (χ0n) is 13.4. The maximum atomic E-state index is 11.9. The number of halogens is 1. The standard InChI is InChI=1S/C14H21BrN4O3/c1-8-10(15)11(21-5)18-12(16-8)17-9-6-19(7-9)13(20)22-14(2,3)4/h9H,6-7H2,1-5H3,(H,16,17,18). The van der Waals surface area contributed by atoms with Crippen molar-refractivity contribution >= 4 is 28.0 Å². The number of rotatable bonds is 3.